The highest BCUT2D eigenvalue weighted by Gasteiger charge is 2.10. The second-order valence-electron chi connectivity index (χ2n) is 3.12. The largest absolute Gasteiger partial charge is 0.633 e. The van der Waals surface area contributed by atoms with Crippen molar-refractivity contribution in [3.63, 3.8) is 0 Å². The van der Waals surface area contributed by atoms with E-state index in [1.165, 1.54) is 19.6 Å². The molecule has 0 saturated heterocycles. The number of hydrogen-bond donors (Lipinski definition) is 4. The number of aliphatic hydroxyl groups excluding tert-OH is 2. The fraction of sp³-hybridized carbons (Fsp3) is 1.00. The predicted molar refractivity (Wildman–Crippen MR) is 62.7 cm³/mol. The molecule has 0 aromatic rings. The zero-order valence-electron chi connectivity index (χ0n) is 10.3. The van der Waals surface area contributed by atoms with Crippen LogP contribution in [0.25, 0.3) is 0 Å². The molecule has 0 spiro atoms. The molecule has 6 nitrogen and oxygen atoms in total. The summed E-state index contributed by atoms with van der Waals surface area (Å²) in [7, 11) is -1.88. The van der Waals surface area contributed by atoms with Gasteiger partial charge in [-0.15, -0.1) is 0 Å². The lowest BCUT2D eigenvalue weighted by atomic mass is 10.2. The fourth-order valence-corrected chi connectivity index (χ4v) is 0.921. The molecule has 7 heteroatoms. The fourth-order valence-electron chi connectivity index (χ4n) is 0.921. The molecule has 98 valence electrons. The molecule has 4 N–H and O–H groups in total. The highest BCUT2D eigenvalue weighted by molar-refractivity contribution is 6.32. The van der Waals surface area contributed by atoms with Gasteiger partial charge < -0.3 is 29.8 Å². The maximum atomic E-state index is 8.51. The molecule has 0 bridgehead atoms. The molecular weight excluding hydrogens is 213 g/mol. The number of rotatable bonds is 7. The molecule has 0 aromatic carbocycles. The Balaban J connectivity index is 0. The third-order valence-electron chi connectivity index (χ3n) is 1.99. The maximum Gasteiger partial charge on any atom is 0.633 e. The molecule has 0 aromatic heterocycles. The van der Waals surface area contributed by atoms with Crippen LogP contribution in [0.15, 0.2) is 0 Å². The van der Waals surface area contributed by atoms with Crippen molar-refractivity contribution in [2.24, 2.45) is 0 Å². The van der Waals surface area contributed by atoms with Crippen molar-refractivity contribution in [3.05, 3.63) is 0 Å². The first-order chi connectivity index (χ1) is 7.51. The molecule has 0 rings (SSSR count). The van der Waals surface area contributed by atoms with Gasteiger partial charge >= 0.3 is 7.32 Å². The van der Waals surface area contributed by atoms with Crippen molar-refractivity contribution in [1.29, 1.82) is 0 Å². The van der Waals surface area contributed by atoms with E-state index in [-0.39, 0.29) is 6.61 Å². The van der Waals surface area contributed by atoms with Crippen molar-refractivity contribution in [2.45, 2.75) is 26.9 Å². The lowest BCUT2D eigenvalue weighted by Gasteiger charge is -2.13. The van der Waals surface area contributed by atoms with Crippen LogP contribution in [-0.4, -0.2) is 71.4 Å². The van der Waals surface area contributed by atoms with Crippen LogP contribution in [0, 0.1) is 0 Å². The van der Waals surface area contributed by atoms with Gasteiger partial charge in [-0.1, -0.05) is 20.8 Å². The van der Waals surface area contributed by atoms with Crippen molar-refractivity contribution < 1.29 is 24.9 Å². The molecule has 0 saturated carbocycles. The summed E-state index contributed by atoms with van der Waals surface area (Å²) in [5.74, 6) is 0. The van der Waals surface area contributed by atoms with E-state index in [1.54, 1.807) is 0 Å². The molecule has 1 atom stereocenters. The minimum Gasteiger partial charge on any atom is -0.402 e. The number of hydrogen-bond acceptors (Lipinski definition) is 6. The first-order valence-electron chi connectivity index (χ1n) is 5.50. The summed E-state index contributed by atoms with van der Waals surface area (Å²) < 4.78 is 4.10. The highest BCUT2D eigenvalue weighted by Crippen LogP contribution is 1.83. The third kappa shape index (κ3) is 13.8. The first kappa shape index (κ1) is 18.2. The second kappa shape index (κ2) is 12.9. The van der Waals surface area contributed by atoms with Crippen LogP contribution in [0.3, 0.4) is 0 Å². The standard InChI is InChI=1S/C6H15N.C3H9BO5/c1-4-7(5-2)6-3;5-1-3(6)2-9-4(7)8/h4-6H2,1-3H3;3,5-8H,1-2H2. The van der Waals surface area contributed by atoms with E-state index in [9.17, 15) is 0 Å². The van der Waals surface area contributed by atoms with E-state index < -0.39 is 20.0 Å². The lowest BCUT2D eigenvalue weighted by molar-refractivity contribution is 0.0362. The highest BCUT2D eigenvalue weighted by atomic mass is 16.6. The quantitative estimate of drug-likeness (QED) is 0.410. The van der Waals surface area contributed by atoms with Gasteiger partial charge in [-0.3, -0.25) is 0 Å². The average molecular weight is 237 g/mol. The van der Waals surface area contributed by atoms with E-state index in [0.29, 0.717) is 0 Å². The smallest absolute Gasteiger partial charge is 0.402 e. The molecule has 0 heterocycles. The van der Waals surface area contributed by atoms with E-state index in [2.05, 4.69) is 30.3 Å². The van der Waals surface area contributed by atoms with Crippen molar-refractivity contribution in [3.8, 4) is 0 Å². The summed E-state index contributed by atoms with van der Waals surface area (Å²) in [5.41, 5.74) is 0. The molecular formula is C9H24BNO5. The second-order valence-corrected chi connectivity index (χ2v) is 3.12. The number of aliphatic hydroxyl groups is 2. The van der Waals surface area contributed by atoms with E-state index in [0.717, 1.165) is 0 Å². The van der Waals surface area contributed by atoms with Crippen LogP contribution in [0.1, 0.15) is 20.8 Å². The minimum absolute atomic E-state index is 0.284. The predicted octanol–water partition coefficient (Wildman–Crippen LogP) is -1.33. The van der Waals surface area contributed by atoms with Gasteiger partial charge in [0.2, 0.25) is 0 Å². The molecule has 0 fully saturated rings. The van der Waals surface area contributed by atoms with Crippen LogP contribution in [0.2, 0.25) is 0 Å². The van der Waals surface area contributed by atoms with Crippen LogP contribution in [0.5, 0.6) is 0 Å². The van der Waals surface area contributed by atoms with E-state index >= 15 is 0 Å². The summed E-state index contributed by atoms with van der Waals surface area (Å²) in [6, 6.07) is 0. The van der Waals surface area contributed by atoms with Crippen LogP contribution >= 0.6 is 0 Å². The Morgan fingerprint density at radius 3 is 1.75 bits per heavy atom. The molecule has 0 aliphatic heterocycles. The topological polar surface area (TPSA) is 93.4 Å². The lowest BCUT2D eigenvalue weighted by Crippen LogP contribution is -2.26. The Bertz CT molecular complexity index is 130. The maximum absolute atomic E-state index is 8.51. The van der Waals surface area contributed by atoms with Gasteiger partial charge in [-0.2, -0.15) is 0 Å². The van der Waals surface area contributed by atoms with E-state index in [1.807, 2.05) is 0 Å². The van der Waals surface area contributed by atoms with Gasteiger partial charge in [0.1, 0.15) is 0 Å². The van der Waals surface area contributed by atoms with Crippen molar-refractivity contribution in [1.82, 2.24) is 4.90 Å². The first-order valence-corrected chi connectivity index (χ1v) is 5.50. The van der Waals surface area contributed by atoms with Gasteiger partial charge in [0.25, 0.3) is 0 Å². The summed E-state index contributed by atoms with van der Waals surface area (Å²) in [6.45, 7) is 9.39. The van der Waals surface area contributed by atoms with Gasteiger partial charge in [0.05, 0.1) is 19.3 Å². The normalized spacial score (nSPS) is 12.0. The third-order valence-corrected chi connectivity index (χ3v) is 1.99. The summed E-state index contributed by atoms with van der Waals surface area (Å²) >= 11 is 0. The average Bonchev–Trinajstić information content (AvgIpc) is 2.29. The Morgan fingerprint density at radius 2 is 1.56 bits per heavy atom. The molecule has 1 unspecified atom stereocenters. The monoisotopic (exact) mass is 237 g/mol. The van der Waals surface area contributed by atoms with Crippen LogP contribution in [-0.2, 0) is 4.65 Å². The molecule has 0 aliphatic carbocycles. The van der Waals surface area contributed by atoms with Gasteiger partial charge in [-0.25, -0.2) is 0 Å². The van der Waals surface area contributed by atoms with Crippen molar-refractivity contribution in [2.75, 3.05) is 32.8 Å². The minimum atomic E-state index is -1.88. The summed E-state index contributed by atoms with van der Waals surface area (Å²) in [6.07, 6.45) is -1.05. The number of nitrogens with zero attached hydrogens (tertiary/aromatic N) is 1. The molecule has 0 aliphatic rings. The summed E-state index contributed by atoms with van der Waals surface area (Å²) in [5, 5.41) is 32.7. The van der Waals surface area contributed by atoms with E-state index in [4.69, 9.17) is 20.3 Å². The van der Waals surface area contributed by atoms with Gasteiger partial charge in [-0.05, 0) is 19.6 Å². The van der Waals surface area contributed by atoms with Gasteiger partial charge in [0.15, 0.2) is 0 Å². The van der Waals surface area contributed by atoms with Crippen LogP contribution in [0.4, 0.5) is 0 Å². The zero-order valence-corrected chi connectivity index (χ0v) is 10.3. The Kier molecular flexibility index (Phi) is 14.7. The Morgan fingerprint density at radius 1 is 1.12 bits per heavy atom. The zero-order chi connectivity index (χ0) is 13.0. The molecule has 16 heavy (non-hydrogen) atoms. The van der Waals surface area contributed by atoms with Gasteiger partial charge in [0, 0.05) is 0 Å². The SMILES string of the molecule is CCN(CC)CC.OCC(O)COB(O)O. The molecule has 0 amide bonds. The van der Waals surface area contributed by atoms with Crippen LogP contribution < -0.4 is 0 Å². The van der Waals surface area contributed by atoms with Crippen molar-refractivity contribution >= 4 is 7.32 Å². The Labute approximate surface area is 97.6 Å². The summed E-state index contributed by atoms with van der Waals surface area (Å²) in [4.78, 5) is 2.38. The molecule has 0 radical (unpaired) electrons. The Hall–Kier alpha value is -0.175.